The van der Waals surface area contributed by atoms with Crippen LogP contribution < -0.4 is 0 Å². The van der Waals surface area contributed by atoms with E-state index in [1.165, 1.54) is 34.2 Å². The van der Waals surface area contributed by atoms with E-state index in [0.717, 1.165) is 25.7 Å². The molecule has 0 aliphatic carbocycles. The van der Waals surface area contributed by atoms with E-state index in [4.69, 9.17) is 0 Å². The van der Waals surface area contributed by atoms with Gasteiger partial charge in [0.15, 0.2) is 0 Å². The van der Waals surface area contributed by atoms with Crippen molar-refractivity contribution in [3.05, 3.63) is 103 Å². The molecule has 0 atom stereocenters. The molecule has 0 saturated carbocycles. The highest BCUT2D eigenvalue weighted by Gasteiger charge is 2.06. The highest BCUT2D eigenvalue weighted by atomic mass is 14.1. The van der Waals surface area contributed by atoms with Gasteiger partial charge in [0.1, 0.15) is 0 Å². The predicted molar refractivity (Wildman–Crippen MR) is 126 cm³/mol. The summed E-state index contributed by atoms with van der Waals surface area (Å²) in [7, 11) is 0. The normalized spacial score (nSPS) is 11.9. The Morgan fingerprint density at radius 2 is 1.46 bits per heavy atom. The molecule has 28 heavy (non-hydrogen) atoms. The van der Waals surface area contributed by atoms with Crippen LogP contribution in [0.3, 0.4) is 0 Å². The van der Waals surface area contributed by atoms with E-state index in [1.54, 1.807) is 0 Å². The third-order valence-corrected chi connectivity index (χ3v) is 5.19. The number of benzene rings is 2. The van der Waals surface area contributed by atoms with Crippen molar-refractivity contribution in [1.82, 2.24) is 0 Å². The van der Waals surface area contributed by atoms with Crippen LogP contribution in [0.1, 0.15) is 50.7 Å². The second-order valence-corrected chi connectivity index (χ2v) is 7.41. The van der Waals surface area contributed by atoms with Gasteiger partial charge in [-0.25, -0.2) is 0 Å². The van der Waals surface area contributed by atoms with Crippen LogP contribution in [0, 0.1) is 5.92 Å². The fraction of sp³-hybridized carbons (Fsp3) is 0.286. The average molecular weight is 371 g/mol. The molecule has 0 saturated heterocycles. The molecule has 146 valence electrons. The van der Waals surface area contributed by atoms with Gasteiger partial charge in [-0.3, -0.25) is 0 Å². The van der Waals surface area contributed by atoms with Crippen LogP contribution in [0.2, 0.25) is 0 Å². The molecule has 0 aliphatic heterocycles. The minimum absolute atomic E-state index is 0.658. The minimum atomic E-state index is 0.658. The fourth-order valence-electron chi connectivity index (χ4n) is 3.41. The highest BCUT2D eigenvalue weighted by molar-refractivity contribution is 5.70. The summed E-state index contributed by atoms with van der Waals surface area (Å²) in [5.74, 6) is 0.658. The summed E-state index contributed by atoms with van der Waals surface area (Å²) in [5.41, 5.74) is 6.51. The SMILES string of the molecule is C=CCC(CC=C)CCc1ccc(-c2ccc(/C(C)=C/C=C\CC)cc2)cc1. The topological polar surface area (TPSA) is 0 Å². The summed E-state index contributed by atoms with van der Waals surface area (Å²) in [6, 6.07) is 17.9. The zero-order valence-electron chi connectivity index (χ0n) is 17.5. The zero-order valence-corrected chi connectivity index (χ0v) is 17.5. The maximum atomic E-state index is 3.88. The van der Waals surface area contributed by atoms with Crippen molar-refractivity contribution < 1.29 is 0 Å². The Labute approximate surface area is 172 Å². The van der Waals surface area contributed by atoms with E-state index in [-0.39, 0.29) is 0 Å². The van der Waals surface area contributed by atoms with Crippen LogP contribution in [0.5, 0.6) is 0 Å². The van der Waals surface area contributed by atoms with Gasteiger partial charge in [-0.05, 0) is 72.8 Å². The van der Waals surface area contributed by atoms with Crippen LogP contribution in [-0.2, 0) is 6.42 Å². The monoisotopic (exact) mass is 370 g/mol. The summed E-state index contributed by atoms with van der Waals surface area (Å²) < 4.78 is 0. The quantitative estimate of drug-likeness (QED) is 0.275. The minimum Gasteiger partial charge on any atom is -0.103 e. The Kier molecular flexibility index (Phi) is 9.28. The second-order valence-electron chi connectivity index (χ2n) is 7.41. The molecule has 0 unspecified atom stereocenters. The highest BCUT2D eigenvalue weighted by Crippen LogP contribution is 2.24. The largest absolute Gasteiger partial charge is 0.103 e. The molecule has 0 nitrogen and oxygen atoms in total. The Hall–Kier alpha value is -2.60. The molecule has 0 aliphatic rings. The number of hydrogen-bond donors (Lipinski definition) is 0. The molecule has 2 aromatic carbocycles. The van der Waals surface area contributed by atoms with Crippen molar-refractivity contribution in [2.45, 2.75) is 46.0 Å². The molecule has 0 bridgehead atoms. The van der Waals surface area contributed by atoms with Crippen molar-refractivity contribution in [1.29, 1.82) is 0 Å². The predicted octanol–water partition coefficient (Wildman–Crippen LogP) is 8.42. The van der Waals surface area contributed by atoms with Gasteiger partial charge in [0.25, 0.3) is 0 Å². The lowest BCUT2D eigenvalue weighted by Gasteiger charge is -2.13. The molecule has 0 fully saturated rings. The molecular weight excluding hydrogens is 336 g/mol. The first-order valence-electron chi connectivity index (χ1n) is 10.4. The molecule has 0 aromatic heterocycles. The van der Waals surface area contributed by atoms with Crippen LogP contribution in [0.15, 0.2) is 92.1 Å². The molecule has 2 rings (SSSR count). The van der Waals surface area contributed by atoms with Crippen LogP contribution in [-0.4, -0.2) is 0 Å². The molecule has 0 heterocycles. The molecule has 0 heteroatoms. The Balaban J connectivity index is 2.01. The van der Waals surface area contributed by atoms with Gasteiger partial charge in [-0.2, -0.15) is 0 Å². The van der Waals surface area contributed by atoms with E-state index in [9.17, 15) is 0 Å². The van der Waals surface area contributed by atoms with E-state index >= 15 is 0 Å². The number of hydrogen-bond acceptors (Lipinski definition) is 0. The lowest BCUT2D eigenvalue weighted by Crippen LogP contribution is -2.00. The molecule has 0 radical (unpaired) electrons. The van der Waals surface area contributed by atoms with Crippen molar-refractivity contribution >= 4 is 5.57 Å². The summed E-state index contributed by atoms with van der Waals surface area (Å²) >= 11 is 0. The maximum Gasteiger partial charge on any atom is -0.0184 e. The van der Waals surface area contributed by atoms with Gasteiger partial charge in [-0.15, -0.1) is 13.2 Å². The molecule has 0 amide bonds. The van der Waals surface area contributed by atoms with Gasteiger partial charge in [0.05, 0.1) is 0 Å². The maximum absolute atomic E-state index is 3.88. The number of rotatable bonds is 11. The van der Waals surface area contributed by atoms with Crippen LogP contribution in [0.25, 0.3) is 16.7 Å². The first-order chi connectivity index (χ1) is 13.7. The second kappa shape index (κ2) is 12.0. The first kappa shape index (κ1) is 21.7. The summed E-state index contributed by atoms with van der Waals surface area (Å²) in [6.07, 6.45) is 16.0. The first-order valence-corrected chi connectivity index (χ1v) is 10.4. The van der Waals surface area contributed by atoms with E-state index in [1.807, 2.05) is 12.2 Å². The standard InChI is InChI=1S/C28H34/c1-5-8-9-12-23(4)26-19-21-28(22-20-26)27-17-15-25(16-18-27)14-13-24(10-6-2)11-7-3/h6-9,12,15-22,24H,2-3,5,10-11,13-14H2,1,4H3/b9-8-,23-12+. The molecule has 2 aromatic rings. The van der Waals surface area contributed by atoms with Crippen molar-refractivity contribution in [3.8, 4) is 11.1 Å². The van der Waals surface area contributed by atoms with Crippen molar-refractivity contribution in [2.24, 2.45) is 5.92 Å². The fourth-order valence-corrected chi connectivity index (χ4v) is 3.41. The van der Waals surface area contributed by atoms with Crippen molar-refractivity contribution in [2.75, 3.05) is 0 Å². The third-order valence-electron chi connectivity index (χ3n) is 5.19. The molecule has 0 N–H and O–H groups in total. The van der Waals surface area contributed by atoms with E-state index < -0.39 is 0 Å². The van der Waals surface area contributed by atoms with Gasteiger partial charge < -0.3 is 0 Å². The Bertz CT molecular complexity index is 775. The van der Waals surface area contributed by atoms with E-state index in [2.05, 4.69) is 93.8 Å². The number of aryl methyl sites for hydroxylation is 1. The molecular formula is C28H34. The Morgan fingerprint density at radius 3 is 2.00 bits per heavy atom. The van der Waals surface area contributed by atoms with E-state index in [0.29, 0.717) is 5.92 Å². The van der Waals surface area contributed by atoms with Gasteiger partial charge >= 0.3 is 0 Å². The summed E-state index contributed by atoms with van der Waals surface area (Å²) in [4.78, 5) is 0. The van der Waals surface area contributed by atoms with Crippen LogP contribution >= 0.6 is 0 Å². The number of allylic oxidation sites excluding steroid dienone is 6. The Morgan fingerprint density at radius 1 is 0.893 bits per heavy atom. The third kappa shape index (κ3) is 6.85. The lowest BCUT2D eigenvalue weighted by atomic mass is 9.93. The van der Waals surface area contributed by atoms with Gasteiger partial charge in [0, 0.05) is 0 Å². The average Bonchev–Trinajstić information content (AvgIpc) is 2.73. The van der Waals surface area contributed by atoms with Gasteiger partial charge in [-0.1, -0.05) is 85.8 Å². The smallest absolute Gasteiger partial charge is 0.0184 e. The van der Waals surface area contributed by atoms with Gasteiger partial charge in [0.2, 0.25) is 0 Å². The summed E-state index contributed by atoms with van der Waals surface area (Å²) in [5, 5.41) is 0. The molecule has 0 spiro atoms. The zero-order chi connectivity index (χ0) is 20.2. The lowest BCUT2D eigenvalue weighted by molar-refractivity contribution is 0.499. The summed E-state index contributed by atoms with van der Waals surface area (Å²) in [6.45, 7) is 12.1. The van der Waals surface area contributed by atoms with Crippen LogP contribution in [0.4, 0.5) is 0 Å². The van der Waals surface area contributed by atoms with Crippen molar-refractivity contribution in [3.63, 3.8) is 0 Å².